The Morgan fingerprint density at radius 1 is 1.14 bits per heavy atom. The van der Waals surface area contributed by atoms with Crippen molar-refractivity contribution in [2.24, 2.45) is 35.0 Å². The first-order valence-electron chi connectivity index (χ1n) is 12.9. The molecule has 4 amide bonds. The van der Waals surface area contributed by atoms with Crippen LogP contribution in [0.4, 0.5) is 13.2 Å². The van der Waals surface area contributed by atoms with Gasteiger partial charge in [0.15, 0.2) is 0 Å². The number of halogens is 3. The van der Waals surface area contributed by atoms with E-state index >= 15 is 0 Å². The van der Waals surface area contributed by atoms with E-state index in [0.29, 0.717) is 18.9 Å². The van der Waals surface area contributed by atoms with Crippen molar-refractivity contribution in [3.8, 4) is 6.07 Å². The normalized spacial score (nSPS) is 32.4. The van der Waals surface area contributed by atoms with Crippen LogP contribution in [0.15, 0.2) is 0 Å². The van der Waals surface area contributed by atoms with Gasteiger partial charge in [-0.15, -0.1) is 0 Å². The third kappa shape index (κ3) is 5.27. The molecule has 8 atom stereocenters. The number of likely N-dealkylation sites (tertiary alicyclic amines) is 1. The molecule has 0 aromatic heterocycles. The average molecular weight is 526 g/mol. The predicted molar refractivity (Wildman–Crippen MR) is 124 cm³/mol. The molecule has 12 heteroatoms. The number of hydrogen-bond acceptors (Lipinski definition) is 5. The lowest BCUT2D eigenvalue weighted by molar-refractivity contribution is -0.176. The lowest BCUT2D eigenvalue weighted by atomic mass is 9.78. The Morgan fingerprint density at radius 2 is 1.81 bits per heavy atom. The molecule has 3 unspecified atom stereocenters. The van der Waals surface area contributed by atoms with Crippen LogP contribution in [0.3, 0.4) is 0 Å². The van der Waals surface area contributed by atoms with E-state index in [2.05, 4.69) is 10.6 Å². The molecule has 2 bridgehead atoms. The second-order valence-electron chi connectivity index (χ2n) is 12.0. The topological polar surface area (TPSA) is 131 Å². The van der Waals surface area contributed by atoms with Gasteiger partial charge in [0.2, 0.25) is 17.7 Å². The van der Waals surface area contributed by atoms with Crippen LogP contribution in [0.5, 0.6) is 0 Å². The first-order chi connectivity index (χ1) is 17.2. The second kappa shape index (κ2) is 9.80. The highest BCUT2D eigenvalue weighted by Crippen LogP contribution is 2.57. The van der Waals surface area contributed by atoms with Crippen LogP contribution >= 0.6 is 0 Å². The highest BCUT2D eigenvalue weighted by Gasteiger charge is 2.60. The molecule has 2 aliphatic carbocycles. The van der Waals surface area contributed by atoms with Crippen molar-refractivity contribution in [2.75, 3.05) is 13.1 Å². The third-order valence-electron chi connectivity index (χ3n) is 8.62. The molecule has 2 saturated heterocycles. The summed E-state index contributed by atoms with van der Waals surface area (Å²) < 4.78 is 39.2. The van der Waals surface area contributed by atoms with Crippen molar-refractivity contribution in [3.63, 3.8) is 0 Å². The third-order valence-corrected chi connectivity index (χ3v) is 8.62. The molecule has 4 aliphatic rings. The number of carbonyl (C=O) groups is 4. The SMILES string of the molecule is CC(C)(C)[C@H](NC(=O)C(F)(F)F)C(=O)N1C[C@@H]2C3CCC(C3)[C@@H]2[C@H]1C(=O)N[C@H](C#N)CC1CCNC1=O. The molecular formula is C25H34F3N5O4. The molecule has 2 aliphatic heterocycles. The van der Waals surface area contributed by atoms with Gasteiger partial charge in [-0.3, -0.25) is 19.2 Å². The van der Waals surface area contributed by atoms with E-state index in [-0.39, 0.29) is 36.6 Å². The highest BCUT2D eigenvalue weighted by molar-refractivity contribution is 5.94. The van der Waals surface area contributed by atoms with Crippen molar-refractivity contribution in [2.45, 2.75) is 77.2 Å². The first kappa shape index (κ1) is 27.2. The largest absolute Gasteiger partial charge is 0.471 e. The maximum atomic E-state index is 13.8. The van der Waals surface area contributed by atoms with Gasteiger partial charge in [-0.25, -0.2) is 0 Å². The summed E-state index contributed by atoms with van der Waals surface area (Å²) in [5.74, 6) is -3.62. The Bertz CT molecular complexity index is 1000. The minimum absolute atomic E-state index is 0.0403. The van der Waals surface area contributed by atoms with Crippen LogP contribution in [0.25, 0.3) is 0 Å². The summed E-state index contributed by atoms with van der Waals surface area (Å²) in [5, 5.41) is 16.9. The summed E-state index contributed by atoms with van der Waals surface area (Å²) >= 11 is 0. The second-order valence-corrected chi connectivity index (χ2v) is 12.0. The van der Waals surface area contributed by atoms with Gasteiger partial charge in [0.25, 0.3) is 0 Å². The molecule has 37 heavy (non-hydrogen) atoms. The van der Waals surface area contributed by atoms with E-state index in [1.54, 1.807) is 20.8 Å². The number of fused-ring (bicyclic) bond motifs is 5. The predicted octanol–water partition coefficient (Wildman–Crippen LogP) is 1.49. The van der Waals surface area contributed by atoms with Crippen LogP contribution in [-0.4, -0.2) is 65.9 Å². The molecule has 2 saturated carbocycles. The van der Waals surface area contributed by atoms with Crippen molar-refractivity contribution in [3.05, 3.63) is 0 Å². The molecule has 4 rings (SSSR count). The number of nitrogens with one attached hydrogen (secondary N) is 3. The summed E-state index contributed by atoms with van der Waals surface area (Å²) in [5.41, 5.74) is -1.05. The molecule has 3 N–H and O–H groups in total. The van der Waals surface area contributed by atoms with Crippen molar-refractivity contribution in [1.82, 2.24) is 20.9 Å². The van der Waals surface area contributed by atoms with Crippen LogP contribution < -0.4 is 16.0 Å². The molecule has 0 radical (unpaired) electrons. The quantitative estimate of drug-likeness (QED) is 0.484. The Labute approximate surface area is 213 Å². The molecule has 204 valence electrons. The lowest BCUT2D eigenvalue weighted by Crippen LogP contribution is -2.60. The van der Waals surface area contributed by atoms with E-state index in [4.69, 9.17) is 0 Å². The maximum absolute atomic E-state index is 13.8. The smallest absolute Gasteiger partial charge is 0.356 e. The molecule has 9 nitrogen and oxygen atoms in total. The Morgan fingerprint density at radius 3 is 2.38 bits per heavy atom. The zero-order valence-corrected chi connectivity index (χ0v) is 21.2. The van der Waals surface area contributed by atoms with Crippen LogP contribution in [0.1, 0.15) is 52.9 Å². The van der Waals surface area contributed by atoms with Gasteiger partial charge in [0, 0.05) is 19.0 Å². The number of nitriles is 1. The standard InChI is InChI=1S/C25H34F3N5O4/c1-24(2,3)19(32-23(37)25(26,27)28)22(36)33-11-16-12-4-5-13(8-12)17(16)18(33)21(35)31-15(10-29)9-14-6-7-30-20(14)34/h12-19H,4-9,11H2,1-3H3,(H,30,34)(H,31,35)(H,32,37)/t12?,13?,14?,15-,16+,17-,18-,19+/m0/s1. The monoisotopic (exact) mass is 525 g/mol. The van der Waals surface area contributed by atoms with Gasteiger partial charge in [-0.05, 0) is 61.2 Å². The van der Waals surface area contributed by atoms with Gasteiger partial charge in [-0.2, -0.15) is 18.4 Å². The fourth-order valence-electron chi connectivity index (χ4n) is 6.89. The van der Waals surface area contributed by atoms with Crippen molar-refractivity contribution < 1.29 is 32.3 Å². The number of nitrogens with zero attached hydrogens (tertiary/aromatic N) is 2. The van der Waals surface area contributed by atoms with Crippen LogP contribution in [0.2, 0.25) is 0 Å². The summed E-state index contributed by atoms with van der Waals surface area (Å²) in [7, 11) is 0. The molecule has 0 aromatic carbocycles. The fraction of sp³-hybridized carbons (Fsp3) is 0.800. The van der Waals surface area contributed by atoms with E-state index in [0.717, 1.165) is 19.3 Å². The van der Waals surface area contributed by atoms with Gasteiger partial charge in [0.1, 0.15) is 18.1 Å². The zero-order chi connectivity index (χ0) is 27.3. The van der Waals surface area contributed by atoms with Gasteiger partial charge >= 0.3 is 12.1 Å². The summed E-state index contributed by atoms with van der Waals surface area (Å²) in [6.07, 6.45) is -1.63. The minimum atomic E-state index is -5.16. The average Bonchev–Trinajstić information content (AvgIpc) is 3.57. The Hall–Kier alpha value is -2.84. The van der Waals surface area contributed by atoms with Gasteiger partial charge < -0.3 is 20.9 Å². The Kier molecular flexibility index (Phi) is 7.20. The van der Waals surface area contributed by atoms with E-state index < -0.39 is 53.4 Å². The molecule has 0 spiro atoms. The fourth-order valence-corrected chi connectivity index (χ4v) is 6.89. The number of amides is 4. The summed E-state index contributed by atoms with van der Waals surface area (Å²) in [6, 6.07) is -1.36. The number of rotatable bonds is 6. The lowest BCUT2D eigenvalue weighted by Gasteiger charge is -2.37. The molecule has 2 heterocycles. The number of hydrogen-bond donors (Lipinski definition) is 3. The van der Waals surface area contributed by atoms with Gasteiger partial charge in [0.05, 0.1) is 6.07 Å². The highest BCUT2D eigenvalue weighted by atomic mass is 19.4. The van der Waals surface area contributed by atoms with E-state index in [1.165, 1.54) is 4.90 Å². The van der Waals surface area contributed by atoms with E-state index in [9.17, 15) is 37.6 Å². The first-order valence-corrected chi connectivity index (χ1v) is 12.9. The summed E-state index contributed by atoms with van der Waals surface area (Å²) in [4.78, 5) is 52.5. The number of alkyl halides is 3. The van der Waals surface area contributed by atoms with Crippen LogP contribution in [0, 0.1) is 46.3 Å². The van der Waals surface area contributed by atoms with Crippen molar-refractivity contribution >= 4 is 23.6 Å². The maximum Gasteiger partial charge on any atom is 0.471 e. The number of carbonyl (C=O) groups excluding carboxylic acids is 4. The molecule has 4 fully saturated rings. The summed E-state index contributed by atoms with van der Waals surface area (Å²) in [6.45, 7) is 5.39. The molecule has 0 aromatic rings. The zero-order valence-electron chi connectivity index (χ0n) is 21.2. The van der Waals surface area contributed by atoms with Crippen LogP contribution in [-0.2, 0) is 19.2 Å². The van der Waals surface area contributed by atoms with Gasteiger partial charge in [-0.1, -0.05) is 20.8 Å². The Balaban J connectivity index is 1.58. The van der Waals surface area contributed by atoms with E-state index in [1.807, 2.05) is 11.4 Å². The van der Waals surface area contributed by atoms with Crippen molar-refractivity contribution in [1.29, 1.82) is 5.26 Å². The minimum Gasteiger partial charge on any atom is -0.356 e. The molecular weight excluding hydrogens is 491 g/mol.